The molecule has 0 amide bonds. The molecular weight excluding hydrogens is 232 g/mol. The lowest BCUT2D eigenvalue weighted by Gasteiger charge is -2.05. The first-order valence-electron chi connectivity index (χ1n) is 6.99. The predicted molar refractivity (Wildman–Crippen MR) is 88.4 cm³/mol. The summed E-state index contributed by atoms with van der Waals surface area (Å²) in [5.41, 5.74) is 7.90. The summed E-state index contributed by atoms with van der Waals surface area (Å²) in [4.78, 5) is 9.04. The summed E-state index contributed by atoms with van der Waals surface area (Å²) >= 11 is 0. The highest BCUT2D eigenvalue weighted by Gasteiger charge is 1.97. The zero-order chi connectivity index (χ0) is 15.0. The van der Waals surface area contributed by atoms with Gasteiger partial charge in [0.2, 0.25) is 0 Å². The zero-order valence-electron chi connectivity index (χ0n) is 14.0. The summed E-state index contributed by atoms with van der Waals surface area (Å²) in [6.45, 7) is 17.6. The van der Waals surface area contributed by atoms with Crippen LogP contribution in [0, 0.1) is 0 Å². The number of hydrogen-bond donors (Lipinski definition) is 0. The fourth-order valence-electron chi connectivity index (χ4n) is 1.51. The van der Waals surface area contributed by atoms with Crippen molar-refractivity contribution in [3.05, 3.63) is 22.3 Å². The van der Waals surface area contributed by atoms with E-state index in [4.69, 9.17) is 0 Å². The largest absolute Gasteiger partial charge is 0.271 e. The van der Waals surface area contributed by atoms with Crippen molar-refractivity contribution in [3.8, 4) is 0 Å². The Labute approximate surface area is 119 Å². The minimum Gasteiger partial charge on any atom is -0.271 e. The number of nitrogens with zero attached hydrogens (tertiary/aromatic N) is 2. The highest BCUT2D eigenvalue weighted by Crippen LogP contribution is 2.09. The predicted octanol–water partition coefficient (Wildman–Crippen LogP) is 5.36. The quantitative estimate of drug-likeness (QED) is 0.455. The number of rotatable bonds is 6. The maximum absolute atomic E-state index is 4.52. The summed E-state index contributed by atoms with van der Waals surface area (Å²) < 4.78 is 0. The molecule has 0 N–H and O–H groups in total. The molecular formula is C17H30N2. The Morgan fingerprint density at radius 3 is 1.16 bits per heavy atom. The van der Waals surface area contributed by atoms with Crippen LogP contribution in [0.5, 0.6) is 0 Å². The molecule has 0 aromatic rings. The first-order chi connectivity index (χ1) is 8.73. The van der Waals surface area contributed by atoms with Gasteiger partial charge in [-0.1, -0.05) is 22.3 Å². The van der Waals surface area contributed by atoms with Crippen molar-refractivity contribution in [2.45, 2.75) is 68.2 Å². The summed E-state index contributed by atoms with van der Waals surface area (Å²) in [6, 6.07) is 0. The van der Waals surface area contributed by atoms with E-state index in [1.165, 1.54) is 22.3 Å². The molecule has 0 fully saturated rings. The molecule has 0 heterocycles. The Hall–Kier alpha value is -1.18. The van der Waals surface area contributed by atoms with E-state index < -0.39 is 0 Å². The summed E-state index contributed by atoms with van der Waals surface area (Å²) in [6.07, 6.45) is 1.92. The molecule has 2 nitrogen and oxygen atoms in total. The van der Waals surface area contributed by atoms with Gasteiger partial charge in [0.25, 0.3) is 0 Å². The van der Waals surface area contributed by atoms with Gasteiger partial charge in [0.15, 0.2) is 0 Å². The van der Waals surface area contributed by atoms with Gasteiger partial charge in [-0.2, -0.15) is 0 Å². The van der Waals surface area contributed by atoms with Crippen LogP contribution in [0.3, 0.4) is 0 Å². The monoisotopic (exact) mass is 262 g/mol. The highest BCUT2D eigenvalue weighted by atomic mass is 14.9. The standard InChI is InChI=1S/C17H30N2/c1-12(2)14(5)9-16(7)18-11-19-17(8)10-15(6)13(3)4/h9-11H2,1-8H3. The second-order valence-corrected chi connectivity index (χ2v) is 5.84. The third-order valence-corrected chi connectivity index (χ3v) is 3.43. The number of hydrogen-bond acceptors (Lipinski definition) is 2. The van der Waals surface area contributed by atoms with Gasteiger partial charge >= 0.3 is 0 Å². The average Bonchev–Trinajstić information content (AvgIpc) is 2.28. The van der Waals surface area contributed by atoms with Crippen LogP contribution in [0.1, 0.15) is 68.2 Å². The van der Waals surface area contributed by atoms with Gasteiger partial charge in [-0.3, -0.25) is 9.98 Å². The fourth-order valence-corrected chi connectivity index (χ4v) is 1.51. The lowest BCUT2D eigenvalue weighted by Crippen LogP contribution is -1.98. The first kappa shape index (κ1) is 17.8. The maximum Gasteiger partial charge on any atom is 0.129 e. The fraction of sp³-hybridized carbons (Fsp3) is 0.647. The second kappa shape index (κ2) is 8.84. The Balaban J connectivity index is 4.41. The highest BCUT2D eigenvalue weighted by molar-refractivity contribution is 5.85. The Kier molecular flexibility index (Phi) is 8.29. The molecule has 0 radical (unpaired) electrons. The third-order valence-electron chi connectivity index (χ3n) is 3.43. The summed E-state index contributed by atoms with van der Waals surface area (Å²) in [5, 5.41) is 0. The minimum absolute atomic E-state index is 0.559. The van der Waals surface area contributed by atoms with E-state index in [0.717, 1.165) is 24.3 Å². The molecule has 19 heavy (non-hydrogen) atoms. The molecule has 0 saturated heterocycles. The smallest absolute Gasteiger partial charge is 0.129 e. The van der Waals surface area contributed by atoms with E-state index in [1.54, 1.807) is 0 Å². The van der Waals surface area contributed by atoms with Crippen molar-refractivity contribution < 1.29 is 0 Å². The van der Waals surface area contributed by atoms with Gasteiger partial charge in [0, 0.05) is 24.3 Å². The molecule has 0 aromatic heterocycles. The van der Waals surface area contributed by atoms with E-state index in [1.807, 2.05) is 0 Å². The lowest BCUT2D eigenvalue weighted by molar-refractivity contribution is 1.02. The van der Waals surface area contributed by atoms with Gasteiger partial charge in [-0.15, -0.1) is 0 Å². The van der Waals surface area contributed by atoms with Crippen molar-refractivity contribution in [2.75, 3.05) is 6.67 Å². The van der Waals surface area contributed by atoms with Crippen LogP contribution in [-0.2, 0) is 0 Å². The van der Waals surface area contributed by atoms with Crippen LogP contribution in [-0.4, -0.2) is 18.1 Å². The van der Waals surface area contributed by atoms with Gasteiger partial charge in [-0.25, -0.2) is 0 Å². The molecule has 0 spiro atoms. The van der Waals surface area contributed by atoms with Crippen molar-refractivity contribution in [3.63, 3.8) is 0 Å². The zero-order valence-corrected chi connectivity index (χ0v) is 14.0. The van der Waals surface area contributed by atoms with E-state index >= 15 is 0 Å². The Morgan fingerprint density at radius 1 is 0.579 bits per heavy atom. The molecule has 0 aliphatic carbocycles. The van der Waals surface area contributed by atoms with Crippen molar-refractivity contribution in [1.82, 2.24) is 0 Å². The van der Waals surface area contributed by atoms with Crippen LogP contribution < -0.4 is 0 Å². The topological polar surface area (TPSA) is 24.7 Å². The van der Waals surface area contributed by atoms with E-state index in [-0.39, 0.29) is 0 Å². The maximum atomic E-state index is 4.52. The normalized spacial score (nSPS) is 12.4. The van der Waals surface area contributed by atoms with E-state index in [9.17, 15) is 0 Å². The third kappa shape index (κ3) is 8.52. The number of allylic oxidation sites excluding steroid dienone is 4. The van der Waals surface area contributed by atoms with E-state index in [0.29, 0.717) is 6.67 Å². The second-order valence-electron chi connectivity index (χ2n) is 5.84. The molecule has 108 valence electrons. The van der Waals surface area contributed by atoms with Crippen LogP contribution in [0.15, 0.2) is 32.3 Å². The average molecular weight is 262 g/mol. The SMILES string of the molecule is CC(CC(C)=C(C)C)=NCN=C(C)CC(C)=C(C)C. The molecule has 0 aliphatic rings. The van der Waals surface area contributed by atoms with Crippen molar-refractivity contribution in [1.29, 1.82) is 0 Å². The van der Waals surface area contributed by atoms with Crippen LogP contribution >= 0.6 is 0 Å². The molecule has 0 aliphatic heterocycles. The summed E-state index contributed by atoms with van der Waals surface area (Å²) in [5.74, 6) is 0. The number of aliphatic imine (C=N–C) groups is 2. The van der Waals surface area contributed by atoms with Crippen LogP contribution in [0.4, 0.5) is 0 Å². The van der Waals surface area contributed by atoms with Gasteiger partial charge in [-0.05, 0) is 55.4 Å². The van der Waals surface area contributed by atoms with Gasteiger partial charge in [0.05, 0.1) is 0 Å². The van der Waals surface area contributed by atoms with Crippen LogP contribution in [0.2, 0.25) is 0 Å². The van der Waals surface area contributed by atoms with E-state index in [2.05, 4.69) is 65.4 Å². The summed E-state index contributed by atoms with van der Waals surface area (Å²) in [7, 11) is 0. The molecule has 0 unspecified atom stereocenters. The molecule has 0 saturated carbocycles. The molecule has 2 heteroatoms. The molecule has 0 rings (SSSR count). The molecule has 0 atom stereocenters. The van der Waals surface area contributed by atoms with Gasteiger partial charge < -0.3 is 0 Å². The minimum atomic E-state index is 0.559. The first-order valence-corrected chi connectivity index (χ1v) is 6.99. The van der Waals surface area contributed by atoms with Crippen LogP contribution in [0.25, 0.3) is 0 Å². The lowest BCUT2D eigenvalue weighted by atomic mass is 10.1. The van der Waals surface area contributed by atoms with Crippen molar-refractivity contribution >= 4 is 11.4 Å². The Morgan fingerprint density at radius 2 is 0.895 bits per heavy atom. The van der Waals surface area contributed by atoms with Gasteiger partial charge in [0.1, 0.15) is 6.67 Å². The molecule has 0 bridgehead atoms. The Bertz CT molecular complexity index is 373. The molecule has 0 aromatic carbocycles. The van der Waals surface area contributed by atoms with Crippen molar-refractivity contribution in [2.24, 2.45) is 9.98 Å².